The number of rotatable bonds is 5. The molecule has 8 heteroatoms. The number of benzene rings is 2. The minimum absolute atomic E-state index is 0.00391. The van der Waals surface area contributed by atoms with E-state index in [4.69, 9.17) is 18.6 Å². The van der Waals surface area contributed by atoms with E-state index in [9.17, 15) is 4.79 Å². The molecule has 2 aromatic carbocycles. The number of carbonyl (C=O) groups is 1. The molecule has 2 aromatic rings. The Morgan fingerprint density at radius 2 is 1.62 bits per heavy atom. The van der Waals surface area contributed by atoms with E-state index >= 15 is 0 Å². The summed E-state index contributed by atoms with van der Waals surface area (Å²) in [6, 6.07) is 12.0. The maximum Gasteiger partial charge on any atom is 0.412 e. The van der Waals surface area contributed by atoms with Crippen molar-refractivity contribution in [2.24, 2.45) is 0 Å². The standard InChI is InChI=1S/C29H44N2O5Si/c1-27(2,3)36-26(32)31-21-16-15-20(18-13-11-12-14-19(18)21)23-25-24(34-29(7,8)35-25)22(30-23)17-33-37(9,10)28(4,5)6/h11-16,22-25,30H,17H2,1-10H3,(H,31,32)/t22-,23+,24-,25+/m1/s1. The van der Waals surface area contributed by atoms with E-state index in [0.717, 1.165) is 16.3 Å². The summed E-state index contributed by atoms with van der Waals surface area (Å²) in [7, 11) is -1.93. The molecule has 1 amide bonds. The van der Waals surface area contributed by atoms with Gasteiger partial charge in [-0.05, 0) is 69.8 Å². The highest BCUT2D eigenvalue weighted by Crippen LogP contribution is 2.45. The molecular weight excluding hydrogens is 484 g/mol. The number of amides is 1. The highest BCUT2D eigenvalue weighted by Gasteiger charge is 2.55. The number of hydrogen-bond donors (Lipinski definition) is 2. The van der Waals surface area contributed by atoms with Crippen molar-refractivity contribution >= 4 is 30.9 Å². The van der Waals surface area contributed by atoms with Gasteiger partial charge in [0.25, 0.3) is 0 Å². The van der Waals surface area contributed by atoms with Gasteiger partial charge in [0, 0.05) is 5.39 Å². The van der Waals surface area contributed by atoms with Gasteiger partial charge in [-0.1, -0.05) is 51.1 Å². The summed E-state index contributed by atoms with van der Waals surface area (Å²) >= 11 is 0. The van der Waals surface area contributed by atoms with Gasteiger partial charge in [0.05, 0.1) is 24.4 Å². The number of anilines is 1. The van der Waals surface area contributed by atoms with Crippen LogP contribution in [0.3, 0.4) is 0 Å². The molecule has 4 atom stereocenters. The monoisotopic (exact) mass is 528 g/mol. The average Bonchev–Trinajstić information content (AvgIpc) is 3.23. The van der Waals surface area contributed by atoms with Crippen molar-refractivity contribution in [1.82, 2.24) is 5.32 Å². The Morgan fingerprint density at radius 3 is 2.24 bits per heavy atom. The zero-order valence-corrected chi connectivity index (χ0v) is 25.0. The van der Waals surface area contributed by atoms with Gasteiger partial charge in [0.2, 0.25) is 0 Å². The van der Waals surface area contributed by atoms with Gasteiger partial charge < -0.3 is 24.0 Å². The molecule has 0 aromatic heterocycles. The van der Waals surface area contributed by atoms with Crippen LogP contribution in [0, 0.1) is 0 Å². The third kappa shape index (κ3) is 6.04. The van der Waals surface area contributed by atoms with Crippen molar-refractivity contribution in [3.63, 3.8) is 0 Å². The fourth-order valence-corrected chi connectivity index (χ4v) is 5.88. The van der Waals surface area contributed by atoms with E-state index in [1.54, 1.807) is 0 Å². The van der Waals surface area contributed by atoms with Crippen LogP contribution in [0.5, 0.6) is 0 Å². The minimum atomic E-state index is -1.93. The lowest BCUT2D eigenvalue weighted by Gasteiger charge is -2.37. The second kappa shape index (κ2) is 9.65. The molecule has 37 heavy (non-hydrogen) atoms. The molecule has 2 fully saturated rings. The van der Waals surface area contributed by atoms with E-state index in [1.807, 2.05) is 58.9 Å². The van der Waals surface area contributed by atoms with Gasteiger partial charge in [0.1, 0.15) is 17.8 Å². The van der Waals surface area contributed by atoms with Gasteiger partial charge in [-0.15, -0.1) is 0 Å². The fourth-order valence-electron chi connectivity index (χ4n) is 4.85. The Hall–Kier alpha value is -1.97. The molecule has 0 aliphatic carbocycles. The van der Waals surface area contributed by atoms with Crippen LogP contribution < -0.4 is 10.6 Å². The molecule has 2 heterocycles. The predicted molar refractivity (Wildman–Crippen MR) is 150 cm³/mol. The zero-order valence-electron chi connectivity index (χ0n) is 24.0. The highest BCUT2D eigenvalue weighted by molar-refractivity contribution is 6.74. The molecule has 0 bridgehead atoms. The van der Waals surface area contributed by atoms with Crippen molar-refractivity contribution in [2.75, 3.05) is 11.9 Å². The van der Waals surface area contributed by atoms with Crippen LogP contribution in [0.2, 0.25) is 18.1 Å². The predicted octanol–water partition coefficient (Wildman–Crippen LogP) is 6.74. The Balaban J connectivity index is 1.64. The second-order valence-electron chi connectivity index (χ2n) is 13.3. The van der Waals surface area contributed by atoms with Crippen molar-refractivity contribution < 1.29 is 23.4 Å². The quantitative estimate of drug-likeness (QED) is 0.419. The lowest BCUT2D eigenvalue weighted by atomic mass is 9.94. The zero-order chi connectivity index (χ0) is 27.4. The van der Waals surface area contributed by atoms with Gasteiger partial charge in [0.15, 0.2) is 14.1 Å². The molecule has 204 valence electrons. The number of fused-ring (bicyclic) bond motifs is 2. The molecule has 2 aliphatic rings. The minimum Gasteiger partial charge on any atom is -0.444 e. The third-order valence-corrected chi connectivity index (χ3v) is 12.1. The van der Waals surface area contributed by atoms with Crippen LogP contribution in [0.4, 0.5) is 10.5 Å². The first kappa shape index (κ1) is 28.0. The number of ether oxygens (including phenoxy) is 3. The number of nitrogens with one attached hydrogen (secondary N) is 2. The van der Waals surface area contributed by atoms with Crippen LogP contribution >= 0.6 is 0 Å². The maximum atomic E-state index is 12.5. The summed E-state index contributed by atoms with van der Waals surface area (Å²) in [5.41, 5.74) is 1.25. The van der Waals surface area contributed by atoms with Crippen LogP contribution in [-0.4, -0.2) is 50.7 Å². The fraction of sp³-hybridized carbons (Fsp3) is 0.621. The number of carbonyl (C=O) groups excluding carboxylic acids is 1. The topological polar surface area (TPSA) is 78.1 Å². The molecule has 4 rings (SSSR count). The summed E-state index contributed by atoms with van der Waals surface area (Å²) in [4.78, 5) is 12.5. The normalized spacial score (nSPS) is 25.8. The molecule has 2 N–H and O–H groups in total. The Morgan fingerprint density at radius 1 is 1.00 bits per heavy atom. The van der Waals surface area contributed by atoms with E-state index in [0.29, 0.717) is 12.3 Å². The average molecular weight is 529 g/mol. The lowest BCUT2D eigenvalue weighted by Crippen LogP contribution is -2.47. The maximum absolute atomic E-state index is 12.5. The van der Waals surface area contributed by atoms with Gasteiger partial charge in [-0.25, -0.2) is 4.79 Å². The second-order valence-corrected chi connectivity index (χ2v) is 18.1. The lowest BCUT2D eigenvalue weighted by molar-refractivity contribution is -0.157. The Kier molecular flexibility index (Phi) is 7.31. The van der Waals surface area contributed by atoms with Crippen molar-refractivity contribution in [3.05, 3.63) is 42.0 Å². The smallest absolute Gasteiger partial charge is 0.412 e. The van der Waals surface area contributed by atoms with E-state index in [-0.39, 0.29) is 29.3 Å². The molecule has 2 aliphatic heterocycles. The van der Waals surface area contributed by atoms with Crippen molar-refractivity contribution in [3.8, 4) is 0 Å². The molecule has 2 saturated heterocycles. The first-order valence-electron chi connectivity index (χ1n) is 13.2. The highest BCUT2D eigenvalue weighted by atomic mass is 28.4. The van der Waals surface area contributed by atoms with E-state index < -0.39 is 25.8 Å². The largest absolute Gasteiger partial charge is 0.444 e. The van der Waals surface area contributed by atoms with Gasteiger partial charge >= 0.3 is 6.09 Å². The third-order valence-electron chi connectivity index (χ3n) is 7.64. The Bertz CT molecular complexity index is 1150. The summed E-state index contributed by atoms with van der Waals surface area (Å²) in [6.07, 6.45) is -0.749. The van der Waals surface area contributed by atoms with Crippen molar-refractivity contribution in [2.45, 2.75) is 109 Å². The molecule has 0 saturated carbocycles. The first-order chi connectivity index (χ1) is 17.0. The van der Waals surface area contributed by atoms with Crippen molar-refractivity contribution in [1.29, 1.82) is 0 Å². The van der Waals surface area contributed by atoms with Crippen LogP contribution in [0.15, 0.2) is 36.4 Å². The summed E-state index contributed by atoms with van der Waals surface area (Å²) < 4.78 is 24.9. The van der Waals surface area contributed by atoms with E-state index in [1.165, 1.54) is 0 Å². The van der Waals surface area contributed by atoms with Crippen LogP contribution in [0.1, 0.15) is 67.0 Å². The van der Waals surface area contributed by atoms with Crippen LogP contribution in [0.25, 0.3) is 10.8 Å². The molecule has 0 radical (unpaired) electrons. The van der Waals surface area contributed by atoms with Crippen LogP contribution in [-0.2, 0) is 18.6 Å². The SMILES string of the molecule is CC(C)(C)OC(=O)Nc1ccc([C@@H]2N[C@H](CO[Si](C)(C)C(C)(C)C)[C@H]3OC(C)(C)O[C@H]32)c2ccccc12. The van der Waals surface area contributed by atoms with E-state index in [2.05, 4.69) is 56.6 Å². The molecular formula is C29H44N2O5Si. The molecule has 7 nitrogen and oxygen atoms in total. The Labute approximate surface area is 222 Å². The molecule has 0 spiro atoms. The number of hydrogen-bond acceptors (Lipinski definition) is 6. The molecule has 0 unspecified atom stereocenters. The summed E-state index contributed by atoms with van der Waals surface area (Å²) in [5.74, 6) is -0.668. The summed E-state index contributed by atoms with van der Waals surface area (Å²) in [6.45, 7) is 21.4. The first-order valence-corrected chi connectivity index (χ1v) is 16.2. The summed E-state index contributed by atoms with van der Waals surface area (Å²) in [5, 5.41) is 8.84. The van der Waals surface area contributed by atoms with Gasteiger partial charge in [-0.2, -0.15) is 0 Å². The van der Waals surface area contributed by atoms with Gasteiger partial charge in [-0.3, -0.25) is 5.32 Å².